The number of hydrogen-bond acceptors (Lipinski definition) is 6. The molecule has 0 saturated carbocycles. The van der Waals surface area contributed by atoms with E-state index in [9.17, 15) is 10.1 Å². The van der Waals surface area contributed by atoms with E-state index in [1.807, 2.05) is 17.0 Å². The Morgan fingerprint density at radius 3 is 2.86 bits per heavy atom. The molecule has 1 N–H and O–H groups in total. The van der Waals surface area contributed by atoms with Crippen LogP contribution < -0.4 is 4.74 Å². The number of aromatic amines is 1. The Balaban J connectivity index is 1.49. The van der Waals surface area contributed by atoms with Gasteiger partial charge in [-0.05, 0) is 29.7 Å². The van der Waals surface area contributed by atoms with Crippen LogP contribution in [-0.4, -0.2) is 83.2 Å². The molecule has 8 nitrogen and oxygen atoms in total. The smallest absolute Gasteiger partial charge is 0.241 e. The van der Waals surface area contributed by atoms with E-state index >= 15 is 0 Å². The molecule has 1 aromatic carbocycles. The summed E-state index contributed by atoms with van der Waals surface area (Å²) in [6.45, 7) is 6.37. The lowest BCUT2D eigenvalue weighted by Crippen LogP contribution is -2.64. The lowest BCUT2D eigenvalue weighted by molar-refractivity contribution is -0.144. The third-order valence-corrected chi connectivity index (χ3v) is 5.96. The van der Waals surface area contributed by atoms with E-state index in [2.05, 4.69) is 40.3 Å². The van der Waals surface area contributed by atoms with E-state index in [4.69, 9.17) is 4.74 Å². The lowest BCUT2D eigenvalue weighted by atomic mass is 9.96. The molecular formula is C21H26N6O2. The molecule has 2 aliphatic heterocycles. The minimum atomic E-state index is -0.208. The van der Waals surface area contributed by atoms with Crippen LogP contribution in [0, 0.1) is 11.5 Å². The zero-order valence-corrected chi connectivity index (χ0v) is 16.8. The van der Waals surface area contributed by atoms with Gasteiger partial charge in [0.25, 0.3) is 0 Å². The van der Waals surface area contributed by atoms with Crippen LogP contribution in [0.5, 0.6) is 5.75 Å². The van der Waals surface area contributed by atoms with Crippen LogP contribution in [0.2, 0.25) is 0 Å². The molecule has 1 amide bonds. The van der Waals surface area contributed by atoms with Crippen LogP contribution in [0.4, 0.5) is 0 Å². The zero-order chi connectivity index (χ0) is 20.4. The molecule has 29 heavy (non-hydrogen) atoms. The molecule has 152 valence electrons. The number of nitrogens with zero attached hydrogens (tertiary/aromatic N) is 5. The predicted molar refractivity (Wildman–Crippen MR) is 108 cm³/mol. The maximum Gasteiger partial charge on any atom is 0.241 e. The number of rotatable bonds is 5. The van der Waals surface area contributed by atoms with E-state index < -0.39 is 0 Å². The number of fused-ring (bicyclic) bond motifs is 1. The van der Waals surface area contributed by atoms with Crippen molar-refractivity contribution >= 4 is 5.91 Å². The zero-order valence-electron chi connectivity index (χ0n) is 16.8. The normalized spacial score (nSPS) is 20.9. The SMILES string of the molecule is COc1ccc(C(C)CN2CCN3CCN(C#N)C[C@@H]3C2=O)cc1-c1ccn[nH]1. The first-order valence-electron chi connectivity index (χ1n) is 9.96. The van der Waals surface area contributed by atoms with Crippen molar-refractivity contribution < 1.29 is 9.53 Å². The second kappa shape index (κ2) is 8.13. The van der Waals surface area contributed by atoms with Crippen molar-refractivity contribution in [3.05, 3.63) is 36.0 Å². The first kappa shape index (κ1) is 19.3. The summed E-state index contributed by atoms with van der Waals surface area (Å²) in [6, 6.07) is 7.84. The Bertz CT molecular complexity index is 906. The fraction of sp³-hybridized carbons (Fsp3) is 0.476. The first-order chi connectivity index (χ1) is 14.1. The van der Waals surface area contributed by atoms with Gasteiger partial charge in [0.2, 0.25) is 5.91 Å². The van der Waals surface area contributed by atoms with Gasteiger partial charge in [-0.2, -0.15) is 10.4 Å². The molecule has 1 aromatic heterocycles. The molecular weight excluding hydrogens is 368 g/mol. The highest BCUT2D eigenvalue weighted by Crippen LogP contribution is 2.32. The minimum absolute atomic E-state index is 0.130. The predicted octanol–water partition coefficient (Wildman–Crippen LogP) is 1.50. The van der Waals surface area contributed by atoms with E-state index in [1.54, 1.807) is 18.2 Å². The van der Waals surface area contributed by atoms with E-state index in [-0.39, 0.29) is 17.9 Å². The van der Waals surface area contributed by atoms with E-state index in [0.29, 0.717) is 19.6 Å². The number of H-pyrrole nitrogens is 1. The van der Waals surface area contributed by atoms with Gasteiger partial charge in [0.15, 0.2) is 6.19 Å². The number of amides is 1. The number of piperazine rings is 2. The average Bonchev–Trinajstić information content (AvgIpc) is 3.29. The van der Waals surface area contributed by atoms with Gasteiger partial charge in [-0.3, -0.25) is 14.8 Å². The maximum atomic E-state index is 13.1. The van der Waals surface area contributed by atoms with Crippen molar-refractivity contribution in [2.75, 3.05) is 46.4 Å². The van der Waals surface area contributed by atoms with Gasteiger partial charge >= 0.3 is 0 Å². The number of carbonyl (C=O) groups excluding carboxylic acids is 1. The molecule has 0 bridgehead atoms. The number of nitrogens with one attached hydrogen (secondary N) is 1. The molecule has 2 saturated heterocycles. The molecule has 0 aliphatic carbocycles. The molecule has 3 heterocycles. The summed E-state index contributed by atoms with van der Waals surface area (Å²) in [5.74, 6) is 1.09. The molecule has 8 heteroatoms. The van der Waals surface area contributed by atoms with E-state index in [0.717, 1.165) is 42.2 Å². The van der Waals surface area contributed by atoms with Gasteiger partial charge < -0.3 is 14.5 Å². The van der Waals surface area contributed by atoms with Gasteiger partial charge in [0, 0.05) is 44.5 Å². The lowest BCUT2D eigenvalue weighted by Gasteiger charge is -2.45. The molecule has 2 aliphatic rings. The summed E-state index contributed by atoms with van der Waals surface area (Å²) in [5.41, 5.74) is 3.01. The highest BCUT2D eigenvalue weighted by molar-refractivity contribution is 5.83. The monoisotopic (exact) mass is 394 g/mol. The summed E-state index contributed by atoms with van der Waals surface area (Å²) in [7, 11) is 1.66. The quantitative estimate of drug-likeness (QED) is 0.773. The maximum absolute atomic E-state index is 13.1. The Morgan fingerprint density at radius 2 is 2.14 bits per heavy atom. The van der Waals surface area contributed by atoms with Crippen LogP contribution in [0.15, 0.2) is 30.5 Å². The number of nitriles is 1. The second-order valence-corrected chi connectivity index (χ2v) is 7.71. The third-order valence-electron chi connectivity index (χ3n) is 5.96. The molecule has 2 aromatic rings. The fourth-order valence-corrected chi connectivity index (χ4v) is 4.25. The standard InChI is InChI=1S/C21H26N6O2/c1-15(16-3-4-20(29-2)17(11-16)18-5-6-23-24-18)12-27-10-9-26-8-7-25(14-22)13-19(26)21(27)28/h3-6,11,15,19H,7-10,12-13H2,1-2H3,(H,23,24)/t15?,19-/m1/s1. The molecule has 0 spiro atoms. The van der Waals surface area contributed by atoms with Crippen LogP contribution in [-0.2, 0) is 4.79 Å². The largest absolute Gasteiger partial charge is 0.496 e. The van der Waals surface area contributed by atoms with Crippen LogP contribution in [0.1, 0.15) is 18.4 Å². The molecule has 0 radical (unpaired) electrons. The number of aromatic nitrogens is 2. The fourth-order valence-electron chi connectivity index (χ4n) is 4.25. The van der Waals surface area contributed by atoms with Gasteiger partial charge in [-0.25, -0.2) is 0 Å². The molecule has 1 unspecified atom stereocenters. The number of carbonyl (C=O) groups is 1. The summed E-state index contributed by atoms with van der Waals surface area (Å²) < 4.78 is 5.50. The summed E-state index contributed by atoms with van der Waals surface area (Å²) in [5, 5.41) is 16.2. The van der Waals surface area contributed by atoms with Crippen molar-refractivity contribution in [3.8, 4) is 23.2 Å². The molecule has 4 rings (SSSR count). The Labute approximate surface area is 170 Å². The van der Waals surface area contributed by atoms with Crippen molar-refractivity contribution in [1.29, 1.82) is 5.26 Å². The summed E-state index contributed by atoms with van der Waals surface area (Å²) in [6.07, 6.45) is 3.91. The van der Waals surface area contributed by atoms with Crippen LogP contribution in [0.3, 0.4) is 0 Å². The molecule has 2 atom stereocenters. The highest BCUT2D eigenvalue weighted by Gasteiger charge is 2.38. The first-order valence-corrected chi connectivity index (χ1v) is 9.96. The number of hydrogen-bond donors (Lipinski definition) is 1. The highest BCUT2D eigenvalue weighted by atomic mass is 16.5. The van der Waals surface area contributed by atoms with Crippen molar-refractivity contribution in [2.45, 2.75) is 18.9 Å². The minimum Gasteiger partial charge on any atom is -0.496 e. The van der Waals surface area contributed by atoms with Gasteiger partial charge in [0.1, 0.15) is 11.8 Å². The van der Waals surface area contributed by atoms with Crippen molar-refractivity contribution in [3.63, 3.8) is 0 Å². The summed E-state index contributed by atoms with van der Waals surface area (Å²) >= 11 is 0. The Hall–Kier alpha value is -3.05. The summed E-state index contributed by atoms with van der Waals surface area (Å²) in [4.78, 5) is 18.9. The van der Waals surface area contributed by atoms with Gasteiger partial charge in [-0.15, -0.1) is 0 Å². The topological polar surface area (TPSA) is 88.5 Å². The third kappa shape index (κ3) is 3.78. The number of methoxy groups -OCH3 is 1. The average molecular weight is 394 g/mol. The number of benzene rings is 1. The van der Waals surface area contributed by atoms with Gasteiger partial charge in [0.05, 0.1) is 19.3 Å². The van der Waals surface area contributed by atoms with Crippen molar-refractivity contribution in [2.24, 2.45) is 0 Å². The van der Waals surface area contributed by atoms with Gasteiger partial charge in [-0.1, -0.05) is 13.0 Å². The van der Waals surface area contributed by atoms with E-state index in [1.165, 1.54) is 0 Å². The van der Waals surface area contributed by atoms with Crippen LogP contribution in [0.25, 0.3) is 11.3 Å². The molecule has 2 fully saturated rings. The number of ether oxygens (including phenoxy) is 1. The Morgan fingerprint density at radius 1 is 1.31 bits per heavy atom. The Kier molecular flexibility index (Phi) is 5.41. The second-order valence-electron chi connectivity index (χ2n) is 7.71. The van der Waals surface area contributed by atoms with Crippen LogP contribution >= 0.6 is 0 Å². The van der Waals surface area contributed by atoms with Crippen molar-refractivity contribution in [1.82, 2.24) is 24.9 Å².